The van der Waals surface area contributed by atoms with E-state index in [9.17, 15) is 14.4 Å². The van der Waals surface area contributed by atoms with Gasteiger partial charge in [0.05, 0.1) is 39.1 Å². The molecule has 0 aliphatic rings. The highest BCUT2D eigenvalue weighted by Gasteiger charge is 2.16. The lowest BCUT2D eigenvalue weighted by molar-refractivity contribution is 0.0599. The van der Waals surface area contributed by atoms with E-state index < -0.39 is 17.8 Å². The summed E-state index contributed by atoms with van der Waals surface area (Å²) in [4.78, 5) is 36.5. The third-order valence-electron chi connectivity index (χ3n) is 4.21. The van der Waals surface area contributed by atoms with E-state index in [1.807, 2.05) is 0 Å². The van der Waals surface area contributed by atoms with Crippen molar-refractivity contribution in [2.24, 2.45) is 0 Å². The first-order valence-corrected chi connectivity index (χ1v) is 9.37. The minimum absolute atomic E-state index is 0.105. The van der Waals surface area contributed by atoms with Gasteiger partial charge in [-0.05, 0) is 42.8 Å². The normalized spacial score (nSPS) is 10.1. The van der Waals surface area contributed by atoms with E-state index in [4.69, 9.17) is 18.9 Å². The third-order valence-corrected chi connectivity index (χ3v) is 4.21. The van der Waals surface area contributed by atoms with Crippen LogP contribution in [0.5, 0.6) is 11.5 Å². The summed E-state index contributed by atoms with van der Waals surface area (Å²) < 4.78 is 20.4. The molecule has 30 heavy (non-hydrogen) atoms. The number of hydrogen-bond donors (Lipinski definition) is 1. The number of carbonyl (C=O) groups is 3. The Hall–Kier alpha value is -3.55. The smallest absolute Gasteiger partial charge is 0.337 e. The molecule has 0 spiro atoms. The number of carbonyl (C=O) groups excluding carboxylic acids is 3. The maximum atomic E-state index is 12.7. The van der Waals surface area contributed by atoms with Crippen LogP contribution in [0.25, 0.3) is 0 Å². The second kappa shape index (κ2) is 10.8. The van der Waals surface area contributed by atoms with Crippen LogP contribution in [-0.2, 0) is 9.47 Å². The first-order chi connectivity index (χ1) is 14.4. The second-order valence-corrected chi connectivity index (χ2v) is 6.30. The van der Waals surface area contributed by atoms with Gasteiger partial charge >= 0.3 is 11.9 Å². The molecule has 0 radical (unpaired) electrons. The lowest BCUT2D eigenvalue weighted by atomic mass is 10.1. The number of ether oxygens (including phenoxy) is 4. The number of benzene rings is 2. The minimum atomic E-state index is -0.647. The summed E-state index contributed by atoms with van der Waals surface area (Å²) in [7, 11) is 3.94. The van der Waals surface area contributed by atoms with Gasteiger partial charge in [0.2, 0.25) is 0 Å². The number of nitrogens with one attached hydrogen (secondary N) is 1. The van der Waals surface area contributed by atoms with Crippen LogP contribution in [0, 0.1) is 0 Å². The van der Waals surface area contributed by atoms with Gasteiger partial charge in [0.15, 0.2) is 11.5 Å². The Kier molecular flexibility index (Phi) is 8.22. The van der Waals surface area contributed by atoms with E-state index in [0.29, 0.717) is 23.7 Å². The molecule has 1 amide bonds. The van der Waals surface area contributed by atoms with E-state index in [2.05, 4.69) is 12.2 Å². The number of rotatable bonds is 9. The maximum absolute atomic E-state index is 12.7. The number of esters is 2. The molecule has 2 aromatic carbocycles. The summed E-state index contributed by atoms with van der Waals surface area (Å²) >= 11 is 0. The molecule has 0 unspecified atom stereocenters. The van der Waals surface area contributed by atoms with E-state index in [1.54, 1.807) is 18.2 Å². The molecule has 8 heteroatoms. The molecule has 0 atom stereocenters. The molecule has 160 valence electrons. The Morgan fingerprint density at radius 2 is 1.47 bits per heavy atom. The van der Waals surface area contributed by atoms with E-state index in [-0.39, 0.29) is 16.8 Å². The molecule has 0 bridgehead atoms. The molecule has 0 fully saturated rings. The fourth-order valence-corrected chi connectivity index (χ4v) is 2.63. The highest BCUT2D eigenvalue weighted by molar-refractivity contribution is 6.06. The van der Waals surface area contributed by atoms with Crippen molar-refractivity contribution in [1.29, 1.82) is 0 Å². The molecule has 0 aromatic heterocycles. The topological polar surface area (TPSA) is 100 Å². The molecular weight excluding hydrogens is 390 g/mol. The first-order valence-electron chi connectivity index (χ1n) is 9.37. The number of methoxy groups -OCH3 is 3. The van der Waals surface area contributed by atoms with Crippen LogP contribution in [0.15, 0.2) is 36.4 Å². The van der Waals surface area contributed by atoms with Crippen LogP contribution in [0.2, 0.25) is 0 Å². The van der Waals surface area contributed by atoms with E-state index in [1.165, 1.54) is 39.5 Å². The van der Waals surface area contributed by atoms with E-state index >= 15 is 0 Å². The summed E-state index contributed by atoms with van der Waals surface area (Å²) in [6.07, 6.45) is 1.91. The average molecular weight is 415 g/mol. The number of hydrogen-bond acceptors (Lipinski definition) is 7. The van der Waals surface area contributed by atoms with Crippen molar-refractivity contribution in [2.45, 2.75) is 19.8 Å². The van der Waals surface area contributed by atoms with Crippen LogP contribution >= 0.6 is 0 Å². The van der Waals surface area contributed by atoms with Crippen LogP contribution in [0.1, 0.15) is 50.8 Å². The first kappa shape index (κ1) is 22.7. The number of anilines is 1. The SMILES string of the molecule is CCCCOc1ccc(C(=O)Nc2cc(C(=O)OC)cc(C(=O)OC)c2)cc1OC. The van der Waals surface area contributed by atoms with Crippen LogP contribution in [-0.4, -0.2) is 45.8 Å². The van der Waals surface area contributed by atoms with Gasteiger partial charge in [-0.1, -0.05) is 13.3 Å². The molecule has 0 saturated carbocycles. The summed E-state index contributed by atoms with van der Waals surface area (Å²) in [5.74, 6) is -0.773. The maximum Gasteiger partial charge on any atom is 0.337 e. The Morgan fingerprint density at radius 3 is 2.00 bits per heavy atom. The summed E-state index contributed by atoms with van der Waals surface area (Å²) in [5.41, 5.74) is 0.768. The summed E-state index contributed by atoms with van der Waals surface area (Å²) in [6.45, 7) is 2.61. The van der Waals surface area contributed by atoms with Gasteiger partial charge in [0.25, 0.3) is 5.91 Å². The zero-order valence-corrected chi connectivity index (χ0v) is 17.4. The molecule has 0 heterocycles. The third kappa shape index (κ3) is 5.73. The average Bonchev–Trinajstić information content (AvgIpc) is 2.77. The molecule has 1 N–H and O–H groups in total. The molecule has 0 aliphatic carbocycles. The zero-order valence-electron chi connectivity index (χ0n) is 17.4. The second-order valence-electron chi connectivity index (χ2n) is 6.30. The monoisotopic (exact) mass is 415 g/mol. The largest absolute Gasteiger partial charge is 0.493 e. The Bertz CT molecular complexity index is 889. The summed E-state index contributed by atoms with van der Waals surface area (Å²) in [5, 5.41) is 2.67. The Labute approximate surface area is 175 Å². The van der Waals surface area contributed by atoms with Crippen molar-refractivity contribution in [3.8, 4) is 11.5 Å². The molecule has 0 aliphatic heterocycles. The molecule has 2 aromatic rings. The quantitative estimate of drug-likeness (QED) is 0.492. The number of amides is 1. The molecule has 8 nitrogen and oxygen atoms in total. The highest BCUT2D eigenvalue weighted by atomic mass is 16.5. The Morgan fingerprint density at radius 1 is 0.833 bits per heavy atom. The molecule has 0 saturated heterocycles. The summed E-state index contributed by atoms with van der Waals surface area (Å²) in [6, 6.07) is 8.98. The van der Waals surface area contributed by atoms with Crippen LogP contribution < -0.4 is 14.8 Å². The predicted molar refractivity (Wildman–Crippen MR) is 110 cm³/mol. The lowest BCUT2D eigenvalue weighted by Crippen LogP contribution is -2.14. The van der Waals surface area contributed by atoms with Crippen LogP contribution in [0.4, 0.5) is 5.69 Å². The van der Waals surface area contributed by atoms with E-state index in [0.717, 1.165) is 12.8 Å². The van der Waals surface area contributed by atoms with Crippen molar-refractivity contribution in [2.75, 3.05) is 33.3 Å². The fourth-order valence-electron chi connectivity index (χ4n) is 2.63. The zero-order chi connectivity index (χ0) is 22.1. The number of unbranched alkanes of at least 4 members (excludes halogenated alkanes) is 1. The molecular formula is C22H25NO7. The van der Waals surface area contributed by atoms with Gasteiger partial charge in [-0.2, -0.15) is 0 Å². The van der Waals surface area contributed by atoms with Gasteiger partial charge in [0.1, 0.15) is 0 Å². The van der Waals surface area contributed by atoms with Gasteiger partial charge in [0, 0.05) is 11.3 Å². The van der Waals surface area contributed by atoms with Crippen molar-refractivity contribution >= 4 is 23.5 Å². The highest BCUT2D eigenvalue weighted by Crippen LogP contribution is 2.29. The standard InChI is InChI=1S/C22H25NO7/c1-5-6-9-30-18-8-7-14(13-19(18)27-2)20(24)23-17-11-15(21(25)28-3)10-16(12-17)22(26)29-4/h7-8,10-13H,5-6,9H2,1-4H3,(H,23,24). The van der Waals surface area contributed by atoms with Crippen molar-refractivity contribution in [3.05, 3.63) is 53.1 Å². The lowest BCUT2D eigenvalue weighted by Gasteiger charge is -2.13. The van der Waals surface area contributed by atoms with Gasteiger partial charge in [-0.3, -0.25) is 4.79 Å². The van der Waals surface area contributed by atoms with Gasteiger partial charge < -0.3 is 24.3 Å². The van der Waals surface area contributed by atoms with Crippen molar-refractivity contribution < 1.29 is 33.3 Å². The van der Waals surface area contributed by atoms with Gasteiger partial charge in [-0.25, -0.2) is 9.59 Å². The fraction of sp³-hybridized carbons (Fsp3) is 0.318. The molecule has 2 rings (SSSR count). The van der Waals surface area contributed by atoms with Crippen molar-refractivity contribution in [1.82, 2.24) is 0 Å². The van der Waals surface area contributed by atoms with Crippen LogP contribution in [0.3, 0.4) is 0 Å². The predicted octanol–water partition coefficient (Wildman–Crippen LogP) is 3.70. The van der Waals surface area contributed by atoms with Gasteiger partial charge in [-0.15, -0.1) is 0 Å². The minimum Gasteiger partial charge on any atom is -0.493 e. The Balaban J connectivity index is 2.28. The van der Waals surface area contributed by atoms with Crippen molar-refractivity contribution in [3.63, 3.8) is 0 Å².